The Morgan fingerprint density at radius 3 is 1.67 bits per heavy atom. The summed E-state index contributed by atoms with van der Waals surface area (Å²) in [4.78, 5) is 28.8. The van der Waals surface area contributed by atoms with Crippen molar-refractivity contribution in [1.29, 1.82) is 0 Å². The van der Waals surface area contributed by atoms with Crippen LogP contribution in [0.15, 0.2) is 25.3 Å². The normalized spacial score (nSPS) is 9.78. The van der Waals surface area contributed by atoms with Crippen LogP contribution >= 0.6 is 0 Å². The maximum atomic E-state index is 10.9. The summed E-state index contributed by atoms with van der Waals surface area (Å²) >= 11 is 0. The lowest BCUT2D eigenvalue weighted by atomic mass is 10.2. The zero-order valence-corrected chi connectivity index (χ0v) is 10.8. The Bertz CT molecular complexity index is 205. The van der Waals surface area contributed by atoms with Crippen molar-refractivity contribution >= 4 is 6.16 Å². The highest BCUT2D eigenvalue weighted by Crippen LogP contribution is 1.99. The Labute approximate surface area is 108 Å². The van der Waals surface area contributed by atoms with Crippen LogP contribution in [0, 0.1) is 0 Å². The van der Waals surface area contributed by atoms with E-state index < -0.39 is 6.16 Å². The molecule has 5 nitrogen and oxygen atoms in total. The fourth-order valence-corrected chi connectivity index (χ4v) is 1.09. The smallest absolute Gasteiger partial charge is 0.257 e. The van der Waals surface area contributed by atoms with Crippen molar-refractivity contribution in [2.75, 3.05) is 13.2 Å². The van der Waals surface area contributed by atoms with Crippen molar-refractivity contribution in [2.24, 2.45) is 0 Å². The van der Waals surface area contributed by atoms with Gasteiger partial charge in [-0.1, -0.05) is 12.2 Å². The van der Waals surface area contributed by atoms with Crippen LogP contribution in [0.3, 0.4) is 0 Å². The number of carbonyl (C=O) groups is 1. The maximum absolute atomic E-state index is 10.9. The molecule has 0 aliphatic carbocycles. The Kier molecular flexibility index (Phi) is 12.7. The molecule has 0 saturated heterocycles. The zero-order valence-electron chi connectivity index (χ0n) is 10.8. The van der Waals surface area contributed by atoms with E-state index in [0.717, 1.165) is 38.5 Å². The number of hydrogen-bond acceptors (Lipinski definition) is 5. The lowest BCUT2D eigenvalue weighted by molar-refractivity contribution is -0.319. The van der Waals surface area contributed by atoms with E-state index in [-0.39, 0.29) is 0 Å². The van der Waals surface area contributed by atoms with Crippen LogP contribution in [0.5, 0.6) is 0 Å². The molecule has 0 atom stereocenters. The zero-order chi connectivity index (χ0) is 13.5. The monoisotopic (exact) mass is 258 g/mol. The van der Waals surface area contributed by atoms with Crippen molar-refractivity contribution in [3.05, 3.63) is 25.3 Å². The Morgan fingerprint density at radius 1 is 0.833 bits per heavy atom. The van der Waals surface area contributed by atoms with Crippen LogP contribution in [-0.4, -0.2) is 19.4 Å². The molecule has 0 heterocycles. The van der Waals surface area contributed by atoms with Gasteiger partial charge in [-0.05, 0) is 38.5 Å². The molecule has 0 aliphatic heterocycles. The van der Waals surface area contributed by atoms with E-state index in [1.165, 1.54) is 0 Å². The quantitative estimate of drug-likeness (QED) is 0.231. The summed E-state index contributed by atoms with van der Waals surface area (Å²) in [7, 11) is 0. The van der Waals surface area contributed by atoms with Gasteiger partial charge in [0.25, 0.3) is 0 Å². The van der Waals surface area contributed by atoms with E-state index >= 15 is 0 Å². The Hall–Kier alpha value is -1.33. The van der Waals surface area contributed by atoms with Crippen molar-refractivity contribution in [3.8, 4) is 0 Å². The third-order valence-corrected chi connectivity index (χ3v) is 2.03. The molecule has 0 unspecified atom stereocenters. The van der Waals surface area contributed by atoms with E-state index in [1.807, 2.05) is 12.2 Å². The van der Waals surface area contributed by atoms with E-state index in [2.05, 4.69) is 32.7 Å². The lowest BCUT2D eigenvalue weighted by Gasteiger charge is -2.03. The third kappa shape index (κ3) is 12.7. The second-order valence-corrected chi connectivity index (χ2v) is 3.63. The van der Waals surface area contributed by atoms with Crippen LogP contribution in [0.2, 0.25) is 0 Å². The fourth-order valence-electron chi connectivity index (χ4n) is 1.09. The molecular weight excluding hydrogens is 236 g/mol. The number of hydrogen-bond donors (Lipinski definition) is 0. The SMILES string of the molecule is C=CCCCCOOC(=O)OOCCCCC=C. The Morgan fingerprint density at radius 2 is 1.28 bits per heavy atom. The molecule has 0 N–H and O–H groups in total. The summed E-state index contributed by atoms with van der Waals surface area (Å²) in [6.45, 7) is 7.87. The highest BCUT2D eigenvalue weighted by atomic mass is 17.3. The second-order valence-electron chi connectivity index (χ2n) is 3.63. The van der Waals surface area contributed by atoms with Crippen LogP contribution in [-0.2, 0) is 19.6 Å². The molecule has 0 aromatic heterocycles. The van der Waals surface area contributed by atoms with Crippen molar-refractivity contribution in [2.45, 2.75) is 38.5 Å². The highest BCUT2D eigenvalue weighted by Gasteiger charge is 2.05. The van der Waals surface area contributed by atoms with Crippen molar-refractivity contribution < 1.29 is 24.3 Å². The first-order valence-electron chi connectivity index (χ1n) is 6.16. The minimum atomic E-state index is -0.984. The fraction of sp³-hybridized carbons (Fsp3) is 0.615. The molecule has 0 aromatic rings. The maximum Gasteiger partial charge on any atom is 0.573 e. The predicted octanol–water partition coefficient (Wildman–Crippen LogP) is 3.72. The first-order chi connectivity index (χ1) is 8.81. The summed E-state index contributed by atoms with van der Waals surface area (Å²) in [5.74, 6) is 0. The molecule has 5 heteroatoms. The van der Waals surface area contributed by atoms with Crippen LogP contribution in [0.1, 0.15) is 38.5 Å². The largest absolute Gasteiger partial charge is 0.573 e. The third-order valence-electron chi connectivity index (χ3n) is 2.03. The molecule has 0 amide bonds. The highest BCUT2D eigenvalue weighted by molar-refractivity contribution is 5.58. The van der Waals surface area contributed by atoms with E-state index in [0.29, 0.717) is 13.2 Å². The van der Waals surface area contributed by atoms with Crippen LogP contribution in [0.25, 0.3) is 0 Å². The van der Waals surface area contributed by atoms with Gasteiger partial charge in [0.15, 0.2) is 0 Å². The summed E-state index contributed by atoms with van der Waals surface area (Å²) in [6.07, 6.45) is 7.99. The van der Waals surface area contributed by atoms with Crippen molar-refractivity contribution in [1.82, 2.24) is 0 Å². The molecule has 0 rings (SSSR count). The van der Waals surface area contributed by atoms with Gasteiger partial charge in [-0.15, -0.1) is 13.2 Å². The minimum absolute atomic E-state index is 0.336. The van der Waals surface area contributed by atoms with Crippen LogP contribution < -0.4 is 0 Å². The molecule has 0 aromatic carbocycles. The van der Waals surface area contributed by atoms with Gasteiger partial charge in [-0.25, -0.2) is 0 Å². The predicted molar refractivity (Wildman–Crippen MR) is 67.6 cm³/mol. The van der Waals surface area contributed by atoms with Gasteiger partial charge in [0.1, 0.15) is 0 Å². The van der Waals surface area contributed by atoms with Gasteiger partial charge in [-0.2, -0.15) is 14.6 Å². The molecule has 0 spiro atoms. The summed E-state index contributed by atoms with van der Waals surface area (Å²) < 4.78 is 0. The first kappa shape index (κ1) is 16.7. The first-order valence-corrected chi connectivity index (χ1v) is 6.16. The Balaban J connectivity index is 3.17. The molecule has 0 saturated carbocycles. The average Bonchev–Trinajstić information content (AvgIpc) is 2.38. The van der Waals surface area contributed by atoms with Gasteiger partial charge >= 0.3 is 6.16 Å². The van der Waals surface area contributed by atoms with Crippen LogP contribution in [0.4, 0.5) is 4.79 Å². The number of allylic oxidation sites excluding steroid dienone is 2. The summed E-state index contributed by atoms with van der Waals surface area (Å²) in [6, 6.07) is 0. The number of unbranched alkanes of at least 4 members (excludes halogenated alkanes) is 4. The van der Waals surface area contributed by atoms with Gasteiger partial charge in [-0.3, -0.25) is 9.78 Å². The topological polar surface area (TPSA) is 54.0 Å². The summed E-state index contributed by atoms with van der Waals surface area (Å²) in [5.41, 5.74) is 0. The number of carbonyl (C=O) groups excluding carboxylic acids is 1. The van der Waals surface area contributed by atoms with E-state index in [4.69, 9.17) is 0 Å². The van der Waals surface area contributed by atoms with E-state index in [1.54, 1.807) is 0 Å². The minimum Gasteiger partial charge on any atom is -0.257 e. The molecule has 104 valence electrons. The van der Waals surface area contributed by atoms with Gasteiger partial charge in [0.2, 0.25) is 0 Å². The van der Waals surface area contributed by atoms with Crippen molar-refractivity contribution in [3.63, 3.8) is 0 Å². The lowest BCUT2D eigenvalue weighted by Crippen LogP contribution is -2.10. The molecule has 0 radical (unpaired) electrons. The number of rotatable bonds is 12. The molecule has 0 aliphatic rings. The summed E-state index contributed by atoms with van der Waals surface area (Å²) in [5, 5.41) is 0. The molecule has 0 fully saturated rings. The van der Waals surface area contributed by atoms with Gasteiger partial charge in [0.05, 0.1) is 13.2 Å². The van der Waals surface area contributed by atoms with E-state index in [9.17, 15) is 4.79 Å². The molecule has 0 bridgehead atoms. The van der Waals surface area contributed by atoms with Gasteiger partial charge in [0, 0.05) is 0 Å². The average molecular weight is 258 g/mol. The molecular formula is C13H22O5. The second kappa shape index (κ2) is 13.7. The standard InChI is InChI=1S/C13H22O5/c1-3-5-7-9-11-15-17-13(14)18-16-12-10-8-6-4-2/h3-4H,1-2,5-12H2. The molecule has 18 heavy (non-hydrogen) atoms. The van der Waals surface area contributed by atoms with Gasteiger partial charge < -0.3 is 0 Å².